The van der Waals surface area contributed by atoms with Crippen molar-refractivity contribution < 1.29 is 24.5 Å². The zero-order valence-electron chi connectivity index (χ0n) is 16.6. The van der Waals surface area contributed by atoms with Crippen molar-refractivity contribution in [3.8, 4) is 11.5 Å². The van der Waals surface area contributed by atoms with E-state index in [9.17, 15) is 9.90 Å². The van der Waals surface area contributed by atoms with Crippen LogP contribution in [0.15, 0.2) is 24.5 Å². The molecule has 3 heterocycles. The molecular weight excluding hydrogens is 408 g/mol. The lowest BCUT2D eigenvalue weighted by atomic mass is 10.1. The van der Waals surface area contributed by atoms with Crippen LogP contribution >= 0.6 is 11.3 Å². The van der Waals surface area contributed by atoms with Crippen LogP contribution in [0.4, 0.5) is 5.82 Å². The van der Waals surface area contributed by atoms with Gasteiger partial charge in [-0.2, -0.15) is 0 Å². The molecule has 4 rings (SSSR count). The average molecular weight is 430 g/mol. The van der Waals surface area contributed by atoms with Gasteiger partial charge in [0.15, 0.2) is 11.5 Å². The number of aliphatic hydroxyl groups is 2. The molecule has 158 valence electrons. The Balaban J connectivity index is 1.57. The van der Waals surface area contributed by atoms with E-state index in [1.54, 1.807) is 7.05 Å². The number of aliphatic hydroxyl groups excluding tert-OH is 2. The lowest BCUT2D eigenvalue weighted by molar-refractivity contribution is 0.0523. The number of hydrogen-bond donors (Lipinski definition) is 3. The number of nitrogens with one attached hydrogen (secondary N) is 1. The summed E-state index contributed by atoms with van der Waals surface area (Å²) in [5, 5.41) is 22.8. The van der Waals surface area contributed by atoms with E-state index in [1.807, 2.05) is 25.1 Å². The van der Waals surface area contributed by atoms with Gasteiger partial charge in [-0.1, -0.05) is 6.07 Å². The molecule has 0 saturated carbocycles. The fourth-order valence-electron chi connectivity index (χ4n) is 3.28. The number of carbonyl (C=O) groups excluding carboxylic acids is 1. The van der Waals surface area contributed by atoms with E-state index in [0.717, 1.165) is 28.0 Å². The molecule has 3 N–H and O–H groups in total. The van der Waals surface area contributed by atoms with Crippen LogP contribution in [0.3, 0.4) is 0 Å². The molecule has 30 heavy (non-hydrogen) atoms. The Kier molecular flexibility index (Phi) is 5.71. The van der Waals surface area contributed by atoms with Crippen molar-refractivity contribution in [3.63, 3.8) is 0 Å². The van der Waals surface area contributed by atoms with Gasteiger partial charge in [0.05, 0.1) is 23.0 Å². The van der Waals surface area contributed by atoms with Gasteiger partial charge in [0.2, 0.25) is 6.79 Å². The molecule has 9 nitrogen and oxygen atoms in total. The number of nitrogens with zero attached hydrogens (tertiary/aromatic N) is 3. The monoisotopic (exact) mass is 430 g/mol. The smallest absolute Gasteiger partial charge is 0.264 e. The molecular formula is C20H22N4O5S. The summed E-state index contributed by atoms with van der Waals surface area (Å²) >= 11 is 1.28. The highest BCUT2D eigenvalue weighted by Gasteiger charge is 2.23. The summed E-state index contributed by atoms with van der Waals surface area (Å²) in [6.45, 7) is 2.25. The van der Waals surface area contributed by atoms with Gasteiger partial charge in [-0.3, -0.25) is 4.79 Å². The largest absolute Gasteiger partial charge is 0.454 e. The van der Waals surface area contributed by atoms with E-state index in [2.05, 4.69) is 15.3 Å². The number of rotatable bonds is 7. The molecule has 1 aromatic carbocycles. The molecule has 0 spiro atoms. The van der Waals surface area contributed by atoms with Gasteiger partial charge in [0.1, 0.15) is 17.0 Å². The van der Waals surface area contributed by atoms with E-state index in [4.69, 9.17) is 14.6 Å². The molecule has 1 atom stereocenters. The third-order valence-corrected chi connectivity index (χ3v) is 6.05. The topological polar surface area (TPSA) is 117 Å². The van der Waals surface area contributed by atoms with Crippen LogP contribution in [0.25, 0.3) is 10.2 Å². The molecule has 0 saturated heterocycles. The lowest BCUT2D eigenvalue weighted by Gasteiger charge is -2.19. The van der Waals surface area contributed by atoms with E-state index < -0.39 is 12.7 Å². The van der Waals surface area contributed by atoms with Crippen LogP contribution in [-0.2, 0) is 6.54 Å². The van der Waals surface area contributed by atoms with Crippen molar-refractivity contribution in [1.29, 1.82) is 0 Å². The number of hydrogen-bond acceptors (Lipinski definition) is 9. The molecule has 1 aliphatic rings. The first kappa shape index (κ1) is 20.3. The van der Waals surface area contributed by atoms with Gasteiger partial charge in [-0.05, 0) is 30.2 Å². The average Bonchev–Trinajstić information content (AvgIpc) is 3.35. The second-order valence-corrected chi connectivity index (χ2v) is 8.02. The second-order valence-electron chi connectivity index (χ2n) is 7.02. The number of fused-ring (bicyclic) bond motifs is 2. The summed E-state index contributed by atoms with van der Waals surface area (Å²) < 4.78 is 10.8. The van der Waals surface area contributed by atoms with Crippen molar-refractivity contribution in [2.24, 2.45) is 0 Å². The summed E-state index contributed by atoms with van der Waals surface area (Å²) in [5.41, 5.74) is 1.78. The quantitative estimate of drug-likeness (QED) is 0.519. The number of aryl methyl sites for hydroxylation is 1. The van der Waals surface area contributed by atoms with Gasteiger partial charge < -0.3 is 29.9 Å². The highest BCUT2D eigenvalue weighted by Crippen LogP contribution is 2.35. The molecule has 0 radical (unpaired) electrons. The maximum Gasteiger partial charge on any atom is 0.264 e. The SMILES string of the molecule is Cc1c(C(=O)N(C)C[C@H](O)CO)sc2ncnc(NCc3ccc4c(c3)OCO4)c12. The Bertz CT molecular complexity index is 1090. The third-order valence-electron chi connectivity index (χ3n) is 4.86. The summed E-state index contributed by atoms with van der Waals surface area (Å²) in [5.74, 6) is 1.86. The minimum Gasteiger partial charge on any atom is -0.454 e. The Labute approximate surface area is 176 Å². The van der Waals surface area contributed by atoms with Gasteiger partial charge in [0, 0.05) is 20.1 Å². The summed E-state index contributed by atoms with van der Waals surface area (Å²) in [7, 11) is 1.59. The second kappa shape index (κ2) is 8.42. The van der Waals surface area contributed by atoms with E-state index in [0.29, 0.717) is 22.1 Å². The predicted molar refractivity (Wildman–Crippen MR) is 112 cm³/mol. The minimum atomic E-state index is -0.979. The number of thiophene rings is 1. The molecule has 0 fully saturated rings. The van der Waals surface area contributed by atoms with Gasteiger partial charge in [-0.25, -0.2) is 9.97 Å². The molecule has 0 aliphatic carbocycles. The van der Waals surface area contributed by atoms with Crippen molar-refractivity contribution in [1.82, 2.24) is 14.9 Å². The number of likely N-dealkylation sites (N-methyl/N-ethyl adjacent to an activating group) is 1. The van der Waals surface area contributed by atoms with Gasteiger partial charge >= 0.3 is 0 Å². The van der Waals surface area contributed by atoms with Crippen molar-refractivity contribution in [2.75, 3.05) is 32.3 Å². The highest BCUT2D eigenvalue weighted by atomic mass is 32.1. The number of amides is 1. The molecule has 2 aromatic heterocycles. The summed E-state index contributed by atoms with van der Waals surface area (Å²) in [6, 6.07) is 5.75. The number of anilines is 1. The first-order valence-electron chi connectivity index (χ1n) is 9.38. The molecule has 3 aromatic rings. The maximum absolute atomic E-state index is 12.8. The Morgan fingerprint density at radius 3 is 2.93 bits per heavy atom. The highest BCUT2D eigenvalue weighted by molar-refractivity contribution is 7.20. The molecule has 1 amide bonds. The van der Waals surface area contributed by atoms with E-state index in [-0.39, 0.29) is 19.2 Å². The lowest BCUT2D eigenvalue weighted by Crippen LogP contribution is -2.35. The summed E-state index contributed by atoms with van der Waals surface area (Å²) in [6.07, 6.45) is 0.487. The van der Waals surface area contributed by atoms with Crippen LogP contribution in [0.2, 0.25) is 0 Å². The minimum absolute atomic E-state index is 0.0456. The molecule has 10 heteroatoms. The van der Waals surface area contributed by atoms with Crippen molar-refractivity contribution >= 4 is 33.3 Å². The van der Waals surface area contributed by atoms with Crippen LogP contribution in [0.1, 0.15) is 20.8 Å². The van der Waals surface area contributed by atoms with Crippen LogP contribution in [0.5, 0.6) is 11.5 Å². The van der Waals surface area contributed by atoms with E-state index >= 15 is 0 Å². The standard InChI is InChI=1S/C20H22N4O5S/c1-11-16-18(21-6-12-3-4-14-15(5-12)29-10-28-14)22-9-23-19(16)30-17(11)20(27)24(2)7-13(26)8-25/h3-5,9,13,25-26H,6-8,10H2,1-2H3,(H,21,22,23)/t13-/m0/s1. The van der Waals surface area contributed by atoms with Gasteiger partial charge in [-0.15, -0.1) is 11.3 Å². The van der Waals surface area contributed by atoms with Crippen LogP contribution in [-0.4, -0.2) is 64.1 Å². The Hall–Kier alpha value is -2.95. The van der Waals surface area contributed by atoms with Gasteiger partial charge in [0.25, 0.3) is 5.91 Å². The van der Waals surface area contributed by atoms with Crippen molar-refractivity contribution in [2.45, 2.75) is 19.6 Å². The van der Waals surface area contributed by atoms with Crippen LogP contribution < -0.4 is 14.8 Å². The number of carbonyl (C=O) groups is 1. The summed E-state index contributed by atoms with van der Waals surface area (Å²) in [4.78, 5) is 24.1. The zero-order valence-corrected chi connectivity index (χ0v) is 17.4. The number of ether oxygens (including phenoxy) is 2. The third kappa shape index (κ3) is 3.89. The Morgan fingerprint density at radius 1 is 1.33 bits per heavy atom. The molecule has 0 bridgehead atoms. The predicted octanol–water partition coefficient (Wildman–Crippen LogP) is 1.77. The fraction of sp³-hybridized carbons (Fsp3) is 0.350. The number of aromatic nitrogens is 2. The first-order valence-corrected chi connectivity index (χ1v) is 10.2. The normalized spacial score (nSPS) is 13.5. The van der Waals surface area contributed by atoms with Crippen molar-refractivity contribution in [3.05, 3.63) is 40.5 Å². The number of benzene rings is 1. The first-order chi connectivity index (χ1) is 14.5. The zero-order chi connectivity index (χ0) is 21.3. The molecule has 1 aliphatic heterocycles. The Morgan fingerprint density at radius 2 is 2.13 bits per heavy atom. The molecule has 0 unspecified atom stereocenters. The maximum atomic E-state index is 12.8. The van der Waals surface area contributed by atoms with Crippen LogP contribution in [0, 0.1) is 6.92 Å². The fourth-order valence-corrected chi connectivity index (χ4v) is 4.42. The van der Waals surface area contributed by atoms with E-state index in [1.165, 1.54) is 22.6 Å².